The Kier molecular flexibility index (Phi) is 5.51. The number of hydrogen-bond donors (Lipinski definition) is 1. The van der Waals surface area contributed by atoms with E-state index in [-0.39, 0.29) is 5.91 Å². The van der Waals surface area contributed by atoms with Crippen molar-refractivity contribution >= 4 is 38.9 Å². The van der Waals surface area contributed by atoms with Gasteiger partial charge in [-0.3, -0.25) is 9.69 Å². The topological polar surface area (TPSA) is 56.1 Å². The Morgan fingerprint density at radius 1 is 1.48 bits per heavy atom. The molecule has 4 nitrogen and oxygen atoms in total. The summed E-state index contributed by atoms with van der Waals surface area (Å²) in [5, 5.41) is 13.7. The average Bonchev–Trinajstić information content (AvgIpc) is 2.83. The van der Waals surface area contributed by atoms with E-state index in [0.29, 0.717) is 17.8 Å². The second-order valence-corrected chi connectivity index (χ2v) is 6.56. The number of anilines is 1. The molecule has 0 aliphatic rings. The molecule has 21 heavy (non-hydrogen) atoms. The van der Waals surface area contributed by atoms with Gasteiger partial charge in [-0.1, -0.05) is 6.07 Å². The van der Waals surface area contributed by atoms with Crippen molar-refractivity contribution in [3.63, 3.8) is 0 Å². The van der Waals surface area contributed by atoms with Crippen molar-refractivity contribution in [1.29, 1.82) is 5.26 Å². The number of carbonyl (C=O) groups is 1. The zero-order valence-corrected chi connectivity index (χ0v) is 13.9. The van der Waals surface area contributed by atoms with Crippen LogP contribution in [0.4, 0.5) is 5.69 Å². The van der Waals surface area contributed by atoms with Crippen LogP contribution in [0.3, 0.4) is 0 Å². The highest BCUT2D eigenvalue weighted by molar-refractivity contribution is 9.10. The number of amides is 1. The van der Waals surface area contributed by atoms with Gasteiger partial charge in [0.05, 0.1) is 18.2 Å². The van der Waals surface area contributed by atoms with E-state index in [1.807, 2.05) is 17.3 Å². The highest BCUT2D eigenvalue weighted by Crippen LogP contribution is 2.20. The van der Waals surface area contributed by atoms with Crippen LogP contribution in [-0.4, -0.2) is 24.4 Å². The van der Waals surface area contributed by atoms with Crippen LogP contribution in [0.15, 0.2) is 40.2 Å². The number of likely N-dealkylation sites (N-methyl/N-ethyl adjacent to an activating group) is 1. The first-order valence-corrected chi connectivity index (χ1v) is 7.95. The molecule has 0 fully saturated rings. The molecular weight excluding hydrogens is 350 g/mol. The number of halogens is 1. The van der Waals surface area contributed by atoms with Gasteiger partial charge >= 0.3 is 0 Å². The second kappa shape index (κ2) is 7.36. The van der Waals surface area contributed by atoms with Crippen molar-refractivity contribution in [2.24, 2.45) is 0 Å². The quantitative estimate of drug-likeness (QED) is 0.884. The summed E-state index contributed by atoms with van der Waals surface area (Å²) in [4.78, 5) is 15.1. The lowest BCUT2D eigenvalue weighted by molar-refractivity contribution is -0.117. The number of nitriles is 1. The van der Waals surface area contributed by atoms with Gasteiger partial charge in [0.25, 0.3) is 0 Å². The zero-order chi connectivity index (χ0) is 15.2. The molecular formula is C15H14BrN3OS. The summed E-state index contributed by atoms with van der Waals surface area (Å²) in [6, 6.07) is 11.0. The Labute approximate surface area is 136 Å². The van der Waals surface area contributed by atoms with Gasteiger partial charge in [-0.2, -0.15) is 5.26 Å². The lowest BCUT2D eigenvalue weighted by atomic mass is 10.2. The van der Waals surface area contributed by atoms with Gasteiger partial charge in [-0.05, 0) is 47.2 Å². The van der Waals surface area contributed by atoms with Crippen LogP contribution in [0.2, 0.25) is 0 Å². The number of nitrogens with one attached hydrogen (secondary N) is 1. The Morgan fingerprint density at radius 3 is 2.95 bits per heavy atom. The highest BCUT2D eigenvalue weighted by Gasteiger charge is 2.09. The van der Waals surface area contributed by atoms with Crippen LogP contribution in [0.1, 0.15) is 10.4 Å². The Hall–Kier alpha value is -1.68. The standard InChI is InChI=1S/C15H14BrN3OS/c1-19(8-14-6-12(16)10-21-14)9-15(20)18-13-4-2-3-11(5-13)7-17/h2-6,10H,8-9H2,1H3,(H,18,20). The van der Waals surface area contributed by atoms with Gasteiger partial charge in [-0.25, -0.2) is 0 Å². The van der Waals surface area contributed by atoms with Crippen LogP contribution in [0.5, 0.6) is 0 Å². The van der Waals surface area contributed by atoms with Crippen molar-refractivity contribution < 1.29 is 4.79 Å². The van der Waals surface area contributed by atoms with Crippen molar-refractivity contribution in [2.75, 3.05) is 18.9 Å². The molecule has 0 aliphatic carbocycles. The lowest BCUT2D eigenvalue weighted by Crippen LogP contribution is -2.29. The number of nitrogens with zero attached hydrogens (tertiary/aromatic N) is 2. The van der Waals surface area contributed by atoms with Crippen LogP contribution in [0, 0.1) is 11.3 Å². The second-order valence-electron chi connectivity index (χ2n) is 4.64. The number of carbonyl (C=O) groups excluding carboxylic acids is 1. The molecule has 2 aromatic rings. The molecule has 1 N–H and O–H groups in total. The highest BCUT2D eigenvalue weighted by atomic mass is 79.9. The fourth-order valence-electron chi connectivity index (χ4n) is 1.87. The molecule has 0 saturated heterocycles. The first-order chi connectivity index (χ1) is 10.1. The van der Waals surface area contributed by atoms with Gasteiger partial charge in [0.2, 0.25) is 5.91 Å². The summed E-state index contributed by atoms with van der Waals surface area (Å²) in [6.07, 6.45) is 0. The molecule has 0 radical (unpaired) electrons. The van der Waals surface area contributed by atoms with E-state index < -0.39 is 0 Å². The van der Waals surface area contributed by atoms with Gasteiger partial charge in [0, 0.05) is 27.0 Å². The summed E-state index contributed by atoms with van der Waals surface area (Å²) in [5.41, 5.74) is 1.18. The predicted molar refractivity (Wildman–Crippen MR) is 88.1 cm³/mol. The Morgan fingerprint density at radius 2 is 2.29 bits per heavy atom. The monoisotopic (exact) mass is 363 g/mol. The SMILES string of the molecule is CN(CC(=O)Nc1cccc(C#N)c1)Cc1cc(Br)cs1. The van der Waals surface area contributed by atoms with E-state index >= 15 is 0 Å². The van der Waals surface area contributed by atoms with Crippen LogP contribution in [-0.2, 0) is 11.3 Å². The van der Waals surface area contributed by atoms with E-state index in [4.69, 9.17) is 5.26 Å². The fraction of sp³-hybridized carbons (Fsp3) is 0.200. The molecule has 0 spiro atoms. The average molecular weight is 364 g/mol. The molecule has 0 bridgehead atoms. The molecule has 1 aromatic heterocycles. The summed E-state index contributed by atoms with van der Waals surface area (Å²) >= 11 is 5.07. The molecule has 2 rings (SSSR count). The van der Waals surface area contributed by atoms with Gasteiger partial charge < -0.3 is 5.32 Å². The molecule has 108 valence electrons. The molecule has 0 saturated carbocycles. The number of rotatable bonds is 5. The Bertz CT molecular complexity index is 678. The number of thiophene rings is 1. The smallest absolute Gasteiger partial charge is 0.238 e. The Balaban J connectivity index is 1.87. The van der Waals surface area contributed by atoms with Crippen molar-refractivity contribution in [3.8, 4) is 6.07 Å². The maximum Gasteiger partial charge on any atom is 0.238 e. The fourth-order valence-corrected chi connectivity index (χ4v) is 3.40. The van der Waals surface area contributed by atoms with E-state index in [0.717, 1.165) is 11.0 Å². The summed E-state index contributed by atoms with van der Waals surface area (Å²) < 4.78 is 1.06. The van der Waals surface area contributed by atoms with E-state index in [1.165, 1.54) is 4.88 Å². The van der Waals surface area contributed by atoms with Gasteiger partial charge in [0.1, 0.15) is 0 Å². The number of hydrogen-bond acceptors (Lipinski definition) is 4. The van der Waals surface area contributed by atoms with E-state index in [2.05, 4.69) is 33.4 Å². The first kappa shape index (κ1) is 15.7. The van der Waals surface area contributed by atoms with Crippen molar-refractivity contribution in [2.45, 2.75) is 6.54 Å². The molecule has 1 heterocycles. The molecule has 1 aromatic carbocycles. The molecule has 0 aliphatic heterocycles. The summed E-state index contributed by atoms with van der Waals surface area (Å²) in [7, 11) is 1.90. The van der Waals surface area contributed by atoms with Crippen molar-refractivity contribution in [3.05, 3.63) is 50.6 Å². The van der Waals surface area contributed by atoms with E-state index in [9.17, 15) is 4.79 Å². The first-order valence-electron chi connectivity index (χ1n) is 6.28. The maximum atomic E-state index is 12.0. The van der Waals surface area contributed by atoms with Crippen LogP contribution in [0.25, 0.3) is 0 Å². The van der Waals surface area contributed by atoms with Crippen LogP contribution < -0.4 is 5.32 Å². The zero-order valence-electron chi connectivity index (χ0n) is 11.5. The third kappa shape index (κ3) is 4.97. The van der Waals surface area contributed by atoms with Gasteiger partial charge in [-0.15, -0.1) is 11.3 Å². The summed E-state index contributed by atoms with van der Waals surface area (Å²) in [5.74, 6) is -0.0942. The minimum atomic E-state index is -0.0942. The van der Waals surface area contributed by atoms with Crippen LogP contribution >= 0.6 is 27.3 Å². The largest absolute Gasteiger partial charge is 0.325 e. The third-order valence-electron chi connectivity index (χ3n) is 2.74. The molecule has 0 atom stereocenters. The normalized spacial score (nSPS) is 10.4. The lowest BCUT2D eigenvalue weighted by Gasteiger charge is -2.15. The van der Waals surface area contributed by atoms with Crippen molar-refractivity contribution in [1.82, 2.24) is 4.90 Å². The molecule has 1 amide bonds. The summed E-state index contributed by atoms with van der Waals surface area (Å²) in [6.45, 7) is 1.02. The maximum absolute atomic E-state index is 12.0. The molecule has 6 heteroatoms. The van der Waals surface area contributed by atoms with E-state index in [1.54, 1.807) is 35.6 Å². The predicted octanol–water partition coefficient (Wildman–Crippen LogP) is 3.45. The third-order valence-corrected chi connectivity index (χ3v) is 4.42. The van der Waals surface area contributed by atoms with Gasteiger partial charge in [0.15, 0.2) is 0 Å². The number of benzene rings is 1. The minimum Gasteiger partial charge on any atom is -0.325 e. The molecule has 0 unspecified atom stereocenters. The minimum absolute atomic E-state index is 0.0942.